The van der Waals surface area contributed by atoms with Gasteiger partial charge in [0.2, 0.25) is 0 Å². The minimum absolute atomic E-state index is 0.0286. The summed E-state index contributed by atoms with van der Waals surface area (Å²) in [6, 6.07) is 6.09. The quantitative estimate of drug-likeness (QED) is 0.535. The summed E-state index contributed by atoms with van der Waals surface area (Å²) in [5, 5.41) is 22.3. The van der Waals surface area contributed by atoms with Gasteiger partial charge < -0.3 is 4.74 Å². The fourth-order valence-corrected chi connectivity index (χ4v) is 1.75. The fraction of sp³-hybridized carbons (Fsp3) is 0.0833. The zero-order valence-electron chi connectivity index (χ0n) is 10.4. The van der Waals surface area contributed by atoms with Gasteiger partial charge >= 0.3 is 0 Å². The van der Waals surface area contributed by atoms with Gasteiger partial charge in [0.05, 0.1) is 11.1 Å². The van der Waals surface area contributed by atoms with Crippen LogP contribution in [0.15, 0.2) is 36.8 Å². The third-order valence-electron chi connectivity index (χ3n) is 2.73. The molecule has 2 aromatic heterocycles. The van der Waals surface area contributed by atoms with Crippen LogP contribution in [0.25, 0.3) is 5.65 Å². The van der Waals surface area contributed by atoms with E-state index in [4.69, 9.17) is 4.74 Å². The topological polar surface area (TPSA) is 95.5 Å². The van der Waals surface area contributed by atoms with Crippen molar-refractivity contribution in [1.82, 2.24) is 19.8 Å². The molecule has 0 atom stereocenters. The van der Waals surface area contributed by atoms with E-state index >= 15 is 0 Å². The summed E-state index contributed by atoms with van der Waals surface area (Å²) in [5.41, 5.74) is 1.25. The molecule has 0 aliphatic carbocycles. The Morgan fingerprint density at radius 2 is 2.20 bits per heavy atom. The Bertz CT molecular complexity index is 799. The van der Waals surface area contributed by atoms with Crippen molar-refractivity contribution in [2.24, 2.45) is 0 Å². The first kappa shape index (κ1) is 12.0. The first-order valence-electron chi connectivity index (χ1n) is 5.72. The molecule has 0 bridgehead atoms. The number of nitro benzene ring substituents is 1. The van der Waals surface area contributed by atoms with Crippen LogP contribution in [0.4, 0.5) is 5.69 Å². The Kier molecular flexibility index (Phi) is 2.75. The van der Waals surface area contributed by atoms with E-state index in [0.29, 0.717) is 22.7 Å². The lowest BCUT2D eigenvalue weighted by atomic mass is 10.2. The highest BCUT2D eigenvalue weighted by atomic mass is 16.6. The van der Waals surface area contributed by atoms with Crippen LogP contribution in [-0.4, -0.2) is 24.7 Å². The van der Waals surface area contributed by atoms with Crippen LogP contribution in [0.1, 0.15) is 5.56 Å². The predicted octanol–water partition coefficient (Wildman–Crippen LogP) is 2.13. The van der Waals surface area contributed by atoms with Crippen LogP contribution < -0.4 is 4.74 Å². The smallest absolute Gasteiger partial charge is 0.269 e. The van der Waals surface area contributed by atoms with Crippen molar-refractivity contribution in [2.45, 2.75) is 6.92 Å². The molecule has 20 heavy (non-hydrogen) atoms. The number of hydrogen-bond donors (Lipinski definition) is 0. The lowest BCUT2D eigenvalue weighted by molar-refractivity contribution is -0.384. The number of rotatable bonds is 3. The summed E-state index contributed by atoms with van der Waals surface area (Å²) in [7, 11) is 0. The molecule has 0 aliphatic rings. The van der Waals surface area contributed by atoms with Crippen LogP contribution in [-0.2, 0) is 0 Å². The maximum absolute atomic E-state index is 10.7. The number of benzene rings is 1. The van der Waals surface area contributed by atoms with Crippen molar-refractivity contribution in [1.29, 1.82) is 0 Å². The number of nitro groups is 1. The SMILES string of the molecule is Cc1cc([N+](=O)[O-])ccc1Oc1cnn2cnnc2c1. The van der Waals surface area contributed by atoms with Gasteiger partial charge in [0.1, 0.15) is 12.1 Å². The lowest BCUT2D eigenvalue weighted by Gasteiger charge is -2.07. The number of non-ortho nitro benzene ring substituents is 1. The molecule has 0 amide bonds. The van der Waals surface area contributed by atoms with Crippen molar-refractivity contribution >= 4 is 11.3 Å². The van der Waals surface area contributed by atoms with Gasteiger partial charge in [-0.05, 0) is 18.6 Å². The number of fused-ring (bicyclic) bond motifs is 1. The number of hydrogen-bond acceptors (Lipinski definition) is 6. The molecule has 0 saturated carbocycles. The van der Waals surface area contributed by atoms with Gasteiger partial charge in [-0.25, -0.2) is 4.52 Å². The van der Waals surface area contributed by atoms with E-state index in [1.165, 1.54) is 29.2 Å². The Morgan fingerprint density at radius 3 is 2.95 bits per heavy atom. The number of ether oxygens (including phenoxy) is 1. The van der Waals surface area contributed by atoms with E-state index < -0.39 is 4.92 Å². The maximum Gasteiger partial charge on any atom is 0.269 e. The Labute approximate surface area is 112 Å². The van der Waals surface area contributed by atoms with Gasteiger partial charge in [-0.3, -0.25) is 10.1 Å². The van der Waals surface area contributed by atoms with Crippen LogP contribution in [0.3, 0.4) is 0 Å². The first-order chi connectivity index (χ1) is 9.63. The van der Waals surface area contributed by atoms with Gasteiger partial charge in [-0.1, -0.05) is 0 Å². The van der Waals surface area contributed by atoms with Crippen LogP contribution in [0, 0.1) is 17.0 Å². The van der Waals surface area contributed by atoms with Gasteiger partial charge in [0, 0.05) is 18.2 Å². The molecule has 1 aromatic carbocycles. The molecule has 3 rings (SSSR count). The maximum atomic E-state index is 10.7. The summed E-state index contributed by atoms with van der Waals surface area (Å²) in [6.07, 6.45) is 3.01. The van der Waals surface area contributed by atoms with Crippen molar-refractivity contribution in [3.8, 4) is 11.5 Å². The third-order valence-corrected chi connectivity index (χ3v) is 2.73. The zero-order chi connectivity index (χ0) is 14.1. The average molecular weight is 271 g/mol. The van der Waals surface area contributed by atoms with E-state index in [9.17, 15) is 10.1 Å². The van der Waals surface area contributed by atoms with E-state index in [1.54, 1.807) is 19.1 Å². The second-order valence-corrected chi connectivity index (χ2v) is 4.13. The highest BCUT2D eigenvalue weighted by molar-refractivity contribution is 5.46. The molecule has 0 N–H and O–H groups in total. The van der Waals surface area contributed by atoms with Crippen molar-refractivity contribution < 1.29 is 9.66 Å². The van der Waals surface area contributed by atoms with E-state index in [0.717, 1.165) is 0 Å². The Morgan fingerprint density at radius 1 is 1.35 bits per heavy atom. The monoisotopic (exact) mass is 271 g/mol. The Hall–Kier alpha value is -3.03. The highest BCUT2D eigenvalue weighted by Gasteiger charge is 2.10. The van der Waals surface area contributed by atoms with Crippen molar-refractivity contribution in [3.05, 3.63) is 52.5 Å². The zero-order valence-corrected chi connectivity index (χ0v) is 10.4. The highest BCUT2D eigenvalue weighted by Crippen LogP contribution is 2.27. The largest absolute Gasteiger partial charge is 0.455 e. The second-order valence-electron chi connectivity index (χ2n) is 4.13. The summed E-state index contributed by atoms with van der Waals surface area (Å²) < 4.78 is 7.16. The molecule has 0 saturated heterocycles. The molecule has 0 fully saturated rings. The van der Waals surface area contributed by atoms with Gasteiger partial charge in [-0.2, -0.15) is 5.10 Å². The average Bonchev–Trinajstić information content (AvgIpc) is 2.88. The molecule has 3 aromatic rings. The molecule has 8 heteroatoms. The lowest BCUT2D eigenvalue weighted by Crippen LogP contribution is -1.94. The third kappa shape index (κ3) is 2.14. The predicted molar refractivity (Wildman–Crippen MR) is 68.7 cm³/mol. The van der Waals surface area contributed by atoms with Crippen LogP contribution in [0.5, 0.6) is 11.5 Å². The summed E-state index contributed by atoms with van der Waals surface area (Å²) in [6.45, 7) is 1.74. The standard InChI is InChI=1S/C12H9N5O3/c1-8-4-9(17(18)19)2-3-11(8)20-10-5-12-15-13-7-16(12)14-6-10/h2-7H,1H3. The van der Waals surface area contributed by atoms with E-state index in [-0.39, 0.29) is 5.69 Å². The molecular formula is C12H9N5O3. The number of aryl methyl sites for hydroxylation is 1. The Balaban J connectivity index is 1.92. The fourth-order valence-electron chi connectivity index (χ4n) is 1.75. The van der Waals surface area contributed by atoms with Gasteiger partial charge in [0.15, 0.2) is 11.4 Å². The second kappa shape index (κ2) is 4.57. The summed E-state index contributed by atoms with van der Waals surface area (Å²) in [5.74, 6) is 1.02. The summed E-state index contributed by atoms with van der Waals surface area (Å²) in [4.78, 5) is 10.2. The number of aromatic nitrogens is 4. The molecule has 0 spiro atoms. The van der Waals surface area contributed by atoms with Crippen LogP contribution in [0.2, 0.25) is 0 Å². The minimum atomic E-state index is -0.444. The minimum Gasteiger partial charge on any atom is -0.455 e. The van der Waals surface area contributed by atoms with Crippen molar-refractivity contribution in [3.63, 3.8) is 0 Å². The number of nitrogens with zero attached hydrogens (tertiary/aromatic N) is 5. The molecule has 0 aliphatic heterocycles. The molecule has 0 unspecified atom stereocenters. The van der Waals surface area contributed by atoms with E-state index in [2.05, 4.69) is 15.3 Å². The van der Waals surface area contributed by atoms with Crippen LogP contribution >= 0.6 is 0 Å². The normalized spacial score (nSPS) is 10.7. The molecule has 8 nitrogen and oxygen atoms in total. The molecule has 100 valence electrons. The van der Waals surface area contributed by atoms with Gasteiger partial charge in [0.25, 0.3) is 5.69 Å². The summed E-state index contributed by atoms with van der Waals surface area (Å²) >= 11 is 0. The van der Waals surface area contributed by atoms with E-state index in [1.807, 2.05) is 0 Å². The molecule has 2 heterocycles. The van der Waals surface area contributed by atoms with Gasteiger partial charge in [-0.15, -0.1) is 10.2 Å². The molecular weight excluding hydrogens is 262 g/mol. The first-order valence-corrected chi connectivity index (χ1v) is 5.72. The molecule has 0 radical (unpaired) electrons. The van der Waals surface area contributed by atoms with Crippen molar-refractivity contribution in [2.75, 3.05) is 0 Å².